The molecule has 0 aromatic heterocycles. The first-order valence-corrected chi connectivity index (χ1v) is 6.54. The standard InChI is InChI=1S/C13H17ClN4O3/c1-9(19)16-17-13(21)8-18(2)7-12(20)15-11-6-4-3-5-10(11)14/h3-6H,7-8H2,1-2H3,(H,15,20)(H,16,19)(H,17,21). The van der Waals surface area contributed by atoms with Crippen molar-refractivity contribution in [2.45, 2.75) is 6.92 Å². The Hall–Kier alpha value is -2.12. The van der Waals surface area contributed by atoms with Gasteiger partial charge in [0.15, 0.2) is 0 Å². The summed E-state index contributed by atoms with van der Waals surface area (Å²) < 4.78 is 0. The molecule has 0 saturated heterocycles. The van der Waals surface area contributed by atoms with Crippen LogP contribution in [-0.4, -0.2) is 42.8 Å². The lowest BCUT2D eigenvalue weighted by molar-refractivity contribution is -0.128. The first kappa shape index (κ1) is 16.9. The fraction of sp³-hybridized carbons (Fsp3) is 0.308. The molecule has 0 unspecified atom stereocenters. The maximum Gasteiger partial charge on any atom is 0.252 e. The maximum absolute atomic E-state index is 11.8. The molecule has 7 nitrogen and oxygen atoms in total. The van der Waals surface area contributed by atoms with E-state index in [4.69, 9.17) is 11.6 Å². The average molecular weight is 313 g/mol. The van der Waals surface area contributed by atoms with Crippen LogP contribution in [0.25, 0.3) is 0 Å². The monoisotopic (exact) mass is 312 g/mol. The van der Waals surface area contributed by atoms with Crippen LogP contribution in [-0.2, 0) is 14.4 Å². The van der Waals surface area contributed by atoms with E-state index < -0.39 is 5.91 Å². The third-order valence-electron chi connectivity index (χ3n) is 2.35. The van der Waals surface area contributed by atoms with Gasteiger partial charge in [0.1, 0.15) is 0 Å². The zero-order valence-corrected chi connectivity index (χ0v) is 12.5. The van der Waals surface area contributed by atoms with Crippen molar-refractivity contribution in [2.75, 3.05) is 25.5 Å². The summed E-state index contributed by atoms with van der Waals surface area (Å²) in [6, 6.07) is 6.87. The second-order valence-corrected chi connectivity index (χ2v) is 4.84. The van der Waals surface area contributed by atoms with Gasteiger partial charge in [-0.15, -0.1) is 0 Å². The molecule has 0 bridgehead atoms. The van der Waals surface area contributed by atoms with Crippen molar-refractivity contribution in [3.8, 4) is 0 Å². The first-order valence-electron chi connectivity index (χ1n) is 6.17. The molecule has 3 amide bonds. The van der Waals surface area contributed by atoms with E-state index in [0.29, 0.717) is 10.7 Å². The summed E-state index contributed by atoms with van der Waals surface area (Å²) in [5.41, 5.74) is 4.89. The van der Waals surface area contributed by atoms with Crippen LogP contribution in [0.1, 0.15) is 6.92 Å². The van der Waals surface area contributed by atoms with Gasteiger partial charge in [-0.2, -0.15) is 0 Å². The van der Waals surface area contributed by atoms with Gasteiger partial charge in [0.2, 0.25) is 11.8 Å². The fourth-order valence-electron chi connectivity index (χ4n) is 1.50. The molecular formula is C13H17ClN4O3. The second kappa shape index (κ2) is 8.23. The van der Waals surface area contributed by atoms with Crippen LogP contribution in [0.15, 0.2) is 24.3 Å². The molecule has 1 aromatic rings. The van der Waals surface area contributed by atoms with Crippen LogP contribution in [0.5, 0.6) is 0 Å². The van der Waals surface area contributed by atoms with Crippen molar-refractivity contribution < 1.29 is 14.4 Å². The predicted octanol–water partition coefficient (Wildman–Crippen LogP) is 0.378. The van der Waals surface area contributed by atoms with Gasteiger partial charge in [0.25, 0.3) is 5.91 Å². The molecule has 0 aliphatic rings. The van der Waals surface area contributed by atoms with Gasteiger partial charge >= 0.3 is 0 Å². The minimum absolute atomic E-state index is 0.0126. The number of hydrogen-bond acceptors (Lipinski definition) is 4. The van der Waals surface area contributed by atoms with Gasteiger partial charge in [-0.1, -0.05) is 23.7 Å². The molecule has 1 aromatic carbocycles. The zero-order valence-electron chi connectivity index (χ0n) is 11.8. The highest BCUT2D eigenvalue weighted by atomic mass is 35.5. The van der Waals surface area contributed by atoms with Gasteiger partial charge in [0.05, 0.1) is 23.8 Å². The van der Waals surface area contributed by atoms with Crippen molar-refractivity contribution in [1.29, 1.82) is 0 Å². The number of amides is 3. The lowest BCUT2D eigenvalue weighted by Crippen LogP contribution is -2.46. The third-order valence-corrected chi connectivity index (χ3v) is 2.68. The van der Waals surface area contributed by atoms with Gasteiger partial charge in [0, 0.05) is 6.92 Å². The van der Waals surface area contributed by atoms with Crippen LogP contribution in [0, 0.1) is 0 Å². The molecule has 0 saturated carbocycles. The number of rotatable bonds is 5. The van der Waals surface area contributed by atoms with Crippen LogP contribution >= 0.6 is 11.6 Å². The topological polar surface area (TPSA) is 90.5 Å². The van der Waals surface area contributed by atoms with Crippen molar-refractivity contribution in [1.82, 2.24) is 15.8 Å². The molecule has 21 heavy (non-hydrogen) atoms. The van der Waals surface area contributed by atoms with E-state index in [1.165, 1.54) is 11.8 Å². The number of likely N-dealkylation sites (N-methyl/N-ethyl adjacent to an activating group) is 1. The molecule has 0 spiro atoms. The highest BCUT2D eigenvalue weighted by molar-refractivity contribution is 6.33. The quantitative estimate of drug-likeness (QED) is 0.686. The third kappa shape index (κ3) is 6.73. The molecule has 0 aliphatic carbocycles. The number of anilines is 1. The Kier molecular flexibility index (Phi) is 6.64. The van der Waals surface area contributed by atoms with E-state index in [-0.39, 0.29) is 24.9 Å². The minimum Gasteiger partial charge on any atom is -0.324 e. The van der Waals surface area contributed by atoms with E-state index in [1.54, 1.807) is 31.3 Å². The van der Waals surface area contributed by atoms with E-state index in [1.807, 2.05) is 0 Å². The SMILES string of the molecule is CC(=O)NNC(=O)CN(C)CC(=O)Nc1ccccc1Cl. The fourth-order valence-corrected chi connectivity index (χ4v) is 1.68. The van der Waals surface area contributed by atoms with E-state index >= 15 is 0 Å². The highest BCUT2D eigenvalue weighted by Gasteiger charge is 2.11. The number of benzene rings is 1. The van der Waals surface area contributed by atoms with Gasteiger partial charge in [-0.25, -0.2) is 0 Å². The summed E-state index contributed by atoms with van der Waals surface area (Å²) in [6.07, 6.45) is 0. The summed E-state index contributed by atoms with van der Waals surface area (Å²) in [6.45, 7) is 1.26. The second-order valence-electron chi connectivity index (χ2n) is 4.43. The summed E-state index contributed by atoms with van der Waals surface area (Å²) in [5.74, 6) is -1.08. The van der Waals surface area contributed by atoms with Gasteiger partial charge in [-0.05, 0) is 19.2 Å². The molecule has 114 valence electrons. The number of halogens is 1. The van der Waals surface area contributed by atoms with Crippen LogP contribution in [0.2, 0.25) is 5.02 Å². The number of carbonyl (C=O) groups is 3. The molecule has 0 radical (unpaired) electrons. The number of nitrogens with one attached hydrogen (secondary N) is 3. The molecule has 0 fully saturated rings. The molecule has 3 N–H and O–H groups in total. The zero-order chi connectivity index (χ0) is 15.8. The summed E-state index contributed by atoms with van der Waals surface area (Å²) in [5, 5.41) is 3.09. The van der Waals surface area contributed by atoms with Crippen molar-refractivity contribution in [3.63, 3.8) is 0 Å². The number of hydrazine groups is 1. The summed E-state index contributed by atoms with van der Waals surface area (Å²) in [4.78, 5) is 35.4. The van der Waals surface area contributed by atoms with Gasteiger partial charge in [-0.3, -0.25) is 30.1 Å². The van der Waals surface area contributed by atoms with Crippen molar-refractivity contribution in [2.24, 2.45) is 0 Å². The molecule has 1 rings (SSSR count). The summed E-state index contributed by atoms with van der Waals surface area (Å²) in [7, 11) is 1.61. The smallest absolute Gasteiger partial charge is 0.252 e. The largest absolute Gasteiger partial charge is 0.324 e. The molecular weight excluding hydrogens is 296 g/mol. The number of nitrogens with zero attached hydrogens (tertiary/aromatic N) is 1. The first-order chi connectivity index (χ1) is 9.88. The van der Waals surface area contributed by atoms with Crippen LogP contribution < -0.4 is 16.2 Å². The Morgan fingerprint density at radius 1 is 1.10 bits per heavy atom. The predicted molar refractivity (Wildman–Crippen MR) is 79.5 cm³/mol. The van der Waals surface area contributed by atoms with E-state index in [2.05, 4.69) is 16.2 Å². The Morgan fingerprint density at radius 2 is 1.71 bits per heavy atom. The Bertz CT molecular complexity index is 536. The van der Waals surface area contributed by atoms with E-state index in [9.17, 15) is 14.4 Å². The van der Waals surface area contributed by atoms with Crippen molar-refractivity contribution in [3.05, 3.63) is 29.3 Å². The molecule has 0 atom stereocenters. The molecule has 0 aliphatic heterocycles. The minimum atomic E-state index is -0.418. The Morgan fingerprint density at radius 3 is 2.33 bits per heavy atom. The van der Waals surface area contributed by atoms with Crippen molar-refractivity contribution >= 4 is 35.0 Å². The lowest BCUT2D eigenvalue weighted by Gasteiger charge is -2.16. The number of hydrogen-bond donors (Lipinski definition) is 3. The summed E-state index contributed by atoms with van der Waals surface area (Å²) >= 11 is 5.93. The highest BCUT2D eigenvalue weighted by Crippen LogP contribution is 2.20. The Labute approximate surface area is 127 Å². The number of carbonyl (C=O) groups excluding carboxylic acids is 3. The number of para-hydroxylation sites is 1. The van der Waals surface area contributed by atoms with E-state index in [0.717, 1.165) is 0 Å². The molecule has 0 heterocycles. The van der Waals surface area contributed by atoms with Crippen LogP contribution in [0.4, 0.5) is 5.69 Å². The van der Waals surface area contributed by atoms with Crippen LogP contribution in [0.3, 0.4) is 0 Å². The van der Waals surface area contributed by atoms with Gasteiger partial charge < -0.3 is 5.32 Å². The maximum atomic E-state index is 11.8. The molecule has 8 heteroatoms. The average Bonchev–Trinajstić information content (AvgIpc) is 2.38. The normalized spacial score (nSPS) is 10.1. The Balaban J connectivity index is 2.39. The lowest BCUT2D eigenvalue weighted by atomic mass is 10.3.